The van der Waals surface area contributed by atoms with Gasteiger partial charge in [0.05, 0.1) is 0 Å². The standard InChI is InChI=1S/C19H28Cl2N2O2S/c1-3-4-5-6-7-23-11-15-16(12-23)19(15,2)14-8-13(10-22-26(24)25)17(20)9-18(14)21/h8-9,15-16,22H,3-7,10-12H2,1-2H3,(H,24,25). The van der Waals surface area contributed by atoms with E-state index in [0.29, 0.717) is 21.9 Å². The average Bonchev–Trinajstić information content (AvgIpc) is 2.95. The summed E-state index contributed by atoms with van der Waals surface area (Å²) >= 11 is 10.7. The Kier molecular flexibility index (Phi) is 6.69. The molecule has 1 aromatic carbocycles. The monoisotopic (exact) mass is 418 g/mol. The fourth-order valence-electron chi connectivity index (χ4n) is 4.59. The van der Waals surface area contributed by atoms with E-state index in [1.807, 2.05) is 6.07 Å². The van der Waals surface area contributed by atoms with Gasteiger partial charge in [0.25, 0.3) is 0 Å². The molecule has 1 heterocycles. The summed E-state index contributed by atoms with van der Waals surface area (Å²) < 4.78 is 22.3. The average molecular weight is 419 g/mol. The highest BCUT2D eigenvalue weighted by Gasteiger charge is 2.66. The smallest absolute Gasteiger partial charge is 0.232 e. The van der Waals surface area contributed by atoms with Crippen LogP contribution in [-0.2, 0) is 23.2 Å². The molecular weight excluding hydrogens is 391 g/mol. The summed E-state index contributed by atoms with van der Waals surface area (Å²) in [6, 6.07) is 3.80. The molecule has 1 aliphatic heterocycles. The number of hydrogen-bond acceptors (Lipinski definition) is 2. The number of likely N-dealkylation sites (tertiary alicyclic amines) is 1. The summed E-state index contributed by atoms with van der Waals surface area (Å²) in [6.07, 6.45) is 5.22. The van der Waals surface area contributed by atoms with Crippen molar-refractivity contribution in [3.8, 4) is 0 Å². The van der Waals surface area contributed by atoms with Gasteiger partial charge >= 0.3 is 0 Å². The topological polar surface area (TPSA) is 52.6 Å². The highest BCUT2D eigenvalue weighted by molar-refractivity contribution is 7.77. The zero-order chi connectivity index (χ0) is 18.9. The second kappa shape index (κ2) is 8.46. The first kappa shape index (κ1) is 20.6. The summed E-state index contributed by atoms with van der Waals surface area (Å²) in [5.74, 6) is 1.28. The lowest BCUT2D eigenvalue weighted by Crippen LogP contribution is -2.30. The molecule has 2 aliphatic rings. The number of fused-ring (bicyclic) bond motifs is 1. The van der Waals surface area contributed by atoms with Gasteiger partial charge in [0.1, 0.15) is 0 Å². The molecule has 146 valence electrons. The minimum atomic E-state index is -2.05. The van der Waals surface area contributed by atoms with Crippen LogP contribution >= 0.6 is 23.2 Å². The van der Waals surface area contributed by atoms with Gasteiger partial charge in [-0.3, -0.25) is 4.55 Å². The molecule has 0 bridgehead atoms. The lowest BCUT2D eigenvalue weighted by atomic mass is 9.90. The molecule has 3 atom stereocenters. The maximum absolute atomic E-state index is 10.9. The Morgan fingerprint density at radius 3 is 2.54 bits per heavy atom. The molecule has 1 saturated heterocycles. The third-order valence-electron chi connectivity index (χ3n) is 6.26. The van der Waals surface area contributed by atoms with E-state index >= 15 is 0 Å². The molecule has 4 nitrogen and oxygen atoms in total. The van der Waals surface area contributed by atoms with Crippen LogP contribution in [0.15, 0.2) is 12.1 Å². The zero-order valence-electron chi connectivity index (χ0n) is 15.4. The number of nitrogens with zero attached hydrogens (tertiary/aromatic N) is 1. The van der Waals surface area contributed by atoms with Crippen molar-refractivity contribution < 1.29 is 8.76 Å². The van der Waals surface area contributed by atoms with Crippen molar-refractivity contribution >= 4 is 34.5 Å². The molecular formula is C19H28Cl2N2O2S. The highest BCUT2D eigenvalue weighted by atomic mass is 35.5. The van der Waals surface area contributed by atoms with Crippen molar-refractivity contribution in [1.82, 2.24) is 9.62 Å². The summed E-state index contributed by atoms with van der Waals surface area (Å²) in [5, 5.41) is 1.24. The van der Waals surface area contributed by atoms with Crippen LogP contribution in [0.2, 0.25) is 10.0 Å². The molecule has 1 saturated carbocycles. The predicted octanol–water partition coefficient (Wildman–Crippen LogP) is 4.62. The van der Waals surface area contributed by atoms with E-state index in [1.54, 1.807) is 6.07 Å². The molecule has 3 unspecified atom stereocenters. The molecule has 1 aromatic rings. The Bertz CT molecular complexity index is 674. The van der Waals surface area contributed by atoms with E-state index < -0.39 is 11.3 Å². The Labute approximate surface area is 169 Å². The molecule has 0 amide bonds. The van der Waals surface area contributed by atoms with Crippen LogP contribution in [0, 0.1) is 11.8 Å². The summed E-state index contributed by atoms with van der Waals surface area (Å²) in [7, 11) is 0. The van der Waals surface area contributed by atoms with Crippen molar-refractivity contribution in [3.05, 3.63) is 33.3 Å². The fraction of sp³-hybridized carbons (Fsp3) is 0.684. The van der Waals surface area contributed by atoms with Crippen LogP contribution in [0.1, 0.15) is 50.7 Å². The van der Waals surface area contributed by atoms with Crippen molar-refractivity contribution in [2.75, 3.05) is 19.6 Å². The van der Waals surface area contributed by atoms with E-state index in [9.17, 15) is 4.21 Å². The quantitative estimate of drug-likeness (QED) is 0.454. The van der Waals surface area contributed by atoms with Crippen molar-refractivity contribution in [2.24, 2.45) is 11.8 Å². The molecule has 0 spiro atoms. The molecule has 0 aromatic heterocycles. The lowest BCUT2D eigenvalue weighted by molar-refractivity contribution is 0.271. The predicted molar refractivity (Wildman–Crippen MR) is 109 cm³/mol. The third kappa shape index (κ3) is 4.13. The van der Waals surface area contributed by atoms with Gasteiger partial charge in [0.15, 0.2) is 0 Å². The number of rotatable bonds is 9. The molecule has 26 heavy (non-hydrogen) atoms. The van der Waals surface area contributed by atoms with E-state index in [2.05, 4.69) is 23.5 Å². The van der Waals surface area contributed by atoms with Crippen LogP contribution in [0.4, 0.5) is 0 Å². The highest BCUT2D eigenvalue weighted by Crippen LogP contribution is 2.64. The maximum atomic E-state index is 10.9. The van der Waals surface area contributed by atoms with Gasteiger partial charge in [0.2, 0.25) is 11.3 Å². The number of hydrogen-bond donors (Lipinski definition) is 2. The second-order valence-corrected chi connectivity index (χ2v) is 9.41. The van der Waals surface area contributed by atoms with Crippen LogP contribution in [0.25, 0.3) is 0 Å². The summed E-state index contributed by atoms with van der Waals surface area (Å²) in [5.41, 5.74) is 2.04. The van der Waals surface area contributed by atoms with Gasteiger partial charge in [-0.1, -0.05) is 62.4 Å². The van der Waals surface area contributed by atoms with E-state index in [-0.39, 0.29) is 12.0 Å². The largest absolute Gasteiger partial charge is 0.303 e. The Morgan fingerprint density at radius 2 is 1.92 bits per heavy atom. The SMILES string of the molecule is CCCCCCN1CC2C(C1)C2(C)c1cc(CNS(=O)O)c(Cl)cc1Cl. The van der Waals surface area contributed by atoms with Gasteiger partial charge in [-0.2, -0.15) is 0 Å². The van der Waals surface area contributed by atoms with Gasteiger partial charge in [-0.05, 0) is 42.0 Å². The minimum Gasteiger partial charge on any atom is -0.303 e. The van der Waals surface area contributed by atoms with E-state index in [4.69, 9.17) is 27.8 Å². The maximum Gasteiger partial charge on any atom is 0.232 e. The fourth-order valence-corrected chi connectivity index (χ4v) is 5.52. The minimum absolute atomic E-state index is 0.0920. The zero-order valence-corrected chi connectivity index (χ0v) is 17.8. The van der Waals surface area contributed by atoms with Crippen LogP contribution < -0.4 is 4.72 Å². The molecule has 1 aliphatic carbocycles. The summed E-state index contributed by atoms with van der Waals surface area (Å²) in [4.78, 5) is 2.59. The number of unbranched alkanes of at least 4 members (excludes halogenated alkanes) is 3. The molecule has 0 radical (unpaired) electrons. The number of benzene rings is 1. The van der Waals surface area contributed by atoms with Gasteiger partial charge in [-0.25, -0.2) is 8.93 Å². The first-order valence-electron chi connectivity index (χ1n) is 9.43. The lowest BCUT2D eigenvalue weighted by Gasteiger charge is -2.25. The van der Waals surface area contributed by atoms with Gasteiger partial charge < -0.3 is 4.90 Å². The van der Waals surface area contributed by atoms with Crippen LogP contribution in [0.5, 0.6) is 0 Å². The van der Waals surface area contributed by atoms with E-state index in [1.165, 1.54) is 32.2 Å². The molecule has 2 N–H and O–H groups in total. The number of piperidine rings is 1. The molecule has 2 fully saturated rings. The normalized spacial score (nSPS) is 29.0. The number of nitrogens with one attached hydrogen (secondary N) is 1. The third-order valence-corrected chi connectivity index (χ3v) is 7.31. The number of halogens is 2. The first-order valence-corrected chi connectivity index (χ1v) is 11.3. The molecule has 3 rings (SSSR count). The van der Waals surface area contributed by atoms with Crippen molar-refractivity contribution in [2.45, 2.75) is 51.5 Å². The van der Waals surface area contributed by atoms with Crippen LogP contribution in [0.3, 0.4) is 0 Å². The molecule has 7 heteroatoms. The van der Waals surface area contributed by atoms with Crippen LogP contribution in [-0.4, -0.2) is 33.3 Å². The summed E-state index contributed by atoms with van der Waals surface area (Å²) in [6.45, 7) is 8.28. The Morgan fingerprint density at radius 1 is 1.23 bits per heavy atom. The first-order chi connectivity index (χ1) is 12.4. The van der Waals surface area contributed by atoms with Crippen molar-refractivity contribution in [3.63, 3.8) is 0 Å². The van der Waals surface area contributed by atoms with Crippen molar-refractivity contribution in [1.29, 1.82) is 0 Å². The van der Waals surface area contributed by atoms with E-state index in [0.717, 1.165) is 24.2 Å². The van der Waals surface area contributed by atoms with Gasteiger partial charge in [0, 0.05) is 35.1 Å². The second-order valence-electron chi connectivity index (χ2n) is 7.81. The van der Waals surface area contributed by atoms with Gasteiger partial charge in [-0.15, -0.1) is 0 Å². The Balaban J connectivity index is 1.65. The Hall–Kier alpha value is -0.170.